The minimum Gasteiger partial charge on any atom is -0.444 e. The van der Waals surface area contributed by atoms with Gasteiger partial charge in [-0.2, -0.15) is 0 Å². The van der Waals surface area contributed by atoms with Crippen molar-refractivity contribution in [1.29, 1.82) is 0 Å². The molecular weight excluding hydrogens is 321 g/mol. The highest BCUT2D eigenvalue weighted by Crippen LogP contribution is 2.39. The Bertz CT molecular complexity index is 653. The number of halogens is 1. The third-order valence-electron chi connectivity index (χ3n) is 5.06. The van der Waals surface area contributed by atoms with E-state index in [9.17, 15) is 14.0 Å². The molecule has 1 amide bonds. The molecule has 1 aromatic rings. The summed E-state index contributed by atoms with van der Waals surface area (Å²) in [7, 11) is 0. The highest BCUT2D eigenvalue weighted by atomic mass is 19.1. The first-order valence-electron chi connectivity index (χ1n) is 9.06. The summed E-state index contributed by atoms with van der Waals surface area (Å²) in [5.74, 6) is -0.562. The second-order valence-corrected chi connectivity index (χ2v) is 8.17. The SMILES string of the molecule is CC(C)(C)OC(=O)N1C2CCCC1CC(C(=O)c1cccc(F)c1)C2. The highest BCUT2D eigenvalue weighted by Gasteiger charge is 2.44. The van der Waals surface area contributed by atoms with E-state index < -0.39 is 11.4 Å². The Labute approximate surface area is 148 Å². The Hall–Kier alpha value is -1.91. The maximum Gasteiger partial charge on any atom is 0.410 e. The average Bonchev–Trinajstić information content (AvgIpc) is 2.51. The van der Waals surface area contributed by atoms with Crippen molar-refractivity contribution in [1.82, 2.24) is 4.90 Å². The number of Topliss-reactive ketones (excluding diaryl/α,β-unsaturated/α-hetero) is 1. The molecule has 0 saturated carbocycles. The van der Waals surface area contributed by atoms with E-state index >= 15 is 0 Å². The fraction of sp³-hybridized carbons (Fsp3) is 0.600. The normalized spacial score (nSPS) is 26.2. The van der Waals surface area contributed by atoms with Gasteiger partial charge < -0.3 is 9.64 Å². The van der Waals surface area contributed by atoms with Gasteiger partial charge in [-0.05, 0) is 65.0 Å². The van der Waals surface area contributed by atoms with E-state index in [0.29, 0.717) is 18.4 Å². The Kier molecular flexibility index (Phi) is 4.85. The van der Waals surface area contributed by atoms with Crippen LogP contribution in [0.5, 0.6) is 0 Å². The molecule has 2 aliphatic rings. The summed E-state index contributed by atoms with van der Waals surface area (Å²) in [6.45, 7) is 5.59. The van der Waals surface area contributed by atoms with E-state index in [4.69, 9.17) is 4.74 Å². The molecule has 0 aromatic heterocycles. The van der Waals surface area contributed by atoms with Crippen LogP contribution >= 0.6 is 0 Å². The third-order valence-corrected chi connectivity index (χ3v) is 5.06. The standard InChI is InChI=1S/C20H26FNO3/c1-20(2,3)25-19(24)22-16-8-5-9-17(22)12-14(11-16)18(23)13-6-4-7-15(21)10-13/h4,6-7,10,14,16-17H,5,8-9,11-12H2,1-3H3. The van der Waals surface area contributed by atoms with Crippen molar-refractivity contribution in [3.8, 4) is 0 Å². The maximum atomic E-state index is 13.4. The summed E-state index contributed by atoms with van der Waals surface area (Å²) in [6.07, 6.45) is 3.83. The van der Waals surface area contributed by atoms with E-state index in [1.807, 2.05) is 25.7 Å². The zero-order chi connectivity index (χ0) is 18.2. The van der Waals surface area contributed by atoms with Crippen molar-refractivity contribution in [2.45, 2.75) is 70.6 Å². The summed E-state index contributed by atoms with van der Waals surface area (Å²) in [5.41, 5.74) is -0.103. The molecule has 2 heterocycles. The van der Waals surface area contributed by atoms with Gasteiger partial charge in [0, 0.05) is 23.6 Å². The summed E-state index contributed by atoms with van der Waals surface area (Å²) in [4.78, 5) is 27.2. The minimum absolute atomic E-state index is 0.0137. The van der Waals surface area contributed by atoms with Crippen molar-refractivity contribution in [2.24, 2.45) is 5.92 Å². The lowest BCUT2D eigenvalue weighted by molar-refractivity contribution is -0.0260. The van der Waals surface area contributed by atoms with E-state index in [0.717, 1.165) is 19.3 Å². The topological polar surface area (TPSA) is 46.6 Å². The van der Waals surface area contributed by atoms with E-state index in [2.05, 4.69) is 0 Å². The molecule has 2 bridgehead atoms. The van der Waals surface area contributed by atoms with Gasteiger partial charge in [0.2, 0.25) is 0 Å². The minimum atomic E-state index is -0.528. The molecule has 2 aliphatic heterocycles. The number of hydrogen-bond donors (Lipinski definition) is 0. The third kappa shape index (κ3) is 4.02. The molecule has 2 saturated heterocycles. The molecule has 1 aromatic carbocycles. The van der Waals surface area contributed by atoms with Crippen LogP contribution in [0.4, 0.5) is 9.18 Å². The van der Waals surface area contributed by atoms with Gasteiger partial charge in [0.05, 0.1) is 0 Å². The zero-order valence-electron chi connectivity index (χ0n) is 15.1. The number of ether oxygens (including phenoxy) is 1. The Balaban J connectivity index is 1.75. The smallest absolute Gasteiger partial charge is 0.410 e. The van der Waals surface area contributed by atoms with Crippen LogP contribution in [0.1, 0.15) is 63.2 Å². The number of carbonyl (C=O) groups excluding carboxylic acids is 2. The second-order valence-electron chi connectivity index (χ2n) is 8.17. The second kappa shape index (κ2) is 6.77. The molecule has 3 rings (SSSR count). The fourth-order valence-corrected chi connectivity index (χ4v) is 4.09. The van der Waals surface area contributed by atoms with E-state index in [1.54, 1.807) is 12.1 Å². The van der Waals surface area contributed by atoms with Crippen LogP contribution in [-0.4, -0.2) is 34.5 Å². The van der Waals surface area contributed by atoms with Crippen LogP contribution in [0, 0.1) is 11.7 Å². The van der Waals surface area contributed by atoms with Gasteiger partial charge in [-0.15, -0.1) is 0 Å². The predicted octanol–water partition coefficient (Wildman–Crippen LogP) is 4.58. The van der Waals surface area contributed by atoms with Gasteiger partial charge in [-0.25, -0.2) is 9.18 Å². The summed E-state index contributed by atoms with van der Waals surface area (Å²) in [6, 6.07) is 5.95. The molecule has 5 heteroatoms. The monoisotopic (exact) mass is 347 g/mol. The van der Waals surface area contributed by atoms with Gasteiger partial charge in [0.1, 0.15) is 11.4 Å². The van der Waals surface area contributed by atoms with Gasteiger partial charge in [0.15, 0.2) is 5.78 Å². The van der Waals surface area contributed by atoms with Gasteiger partial charge >= 0.3 is 6.09 Å². The molecule has 4 nitrogen and oxygen atoms in total. The Morgan fingerprint density at radius 1 is 1.16 bits per heavy atom. The fourth-order valence-electron chi connectivity index (χ4n) is 4.09. The van der Waals surface area contributed by atoms with Crippen LogP contribution in [0.2, 0.25) is 0 Å². The van der Waals surface area contributed by atoms with Gasteiger partial charge in [-0.1, -0.05) is 12.1 Å². The number of ketones is 1. The van der Waals surface area contributed by atoms with Crippen LogP contribution in [0.15, 0.2) is 24.3 Å². The first-order chi connectivity index (χ1) is 11.7. The molecule has 0 spiro atoms. The molecular formula is C20H26FNO3. The maximum absolute atomic E-state index is 13.4. The van der Waals surface area contributed by atoms with Gasteiger partial charge in [0.25, 0.3) is 0 Å². The van der Waals surface area contributed by atoms with Crippen LogP contribution < -0.4 is 0 Å². The lowest BCUT2D eigenvalue weighted by Gasteiger charge is -2.48. The lowest BCUT2D eigenvalue weighted by atomic mass is 9.76. The quantitative estimate of drug-likeness (QED) is 0.736. The molecule has 0 N–H and O–H groups in total. The number of hydrogen-bond acceptors (Lipinski definition) is 3. The average molecular weight is 347 g/mol. The molecule has 2 fully saturated rings. The van der Waals surface area contributed by atoms with Gasteiger partial charge in [-0.3, -0.25) is 4.79 Å². The Morgan fingerprint density at radius 3 is 2.36 bits per heavy atom. The molecule has 0 radical (unpaired) electrons. The predicted molar refractivity (Wildman–Crippen MR) is 93.0 cm³/mol. The zero-order valence-corrected chi connectivity index (χ0v) is 15.1. The van der Waals surface area contributed by atoms with E-state index in [-0.39, 0.29) is 29.9 Å². The molecule has 0 aliphatic carbocycles. The van der Waals surface area contributed by atoms with Crippen molar-refractivity contribution in [3.63, 3.8) is 0 Å². The van der Waals surface area contributed by atoms with Crippen molar-refractivity contribution in [3.05, 3.63) is 35.6 Å². The first-order valence-corrected chi connectivity index (χ1v) is 9.06. The number of fused-ring (bicyclic) bond motifs is 2. The van der Waals surface area contributed by atoms with Crippen molar-refractivity contribution in [2.75, 3.05) is 0 Å². The highest BCUT2D eigenvalue weighted by molar-refractivity contribution is 5.98. The van der Waals surface area contributed by atoms with Crippen LogP contribution in [0.3, 0.4) is 0 Å². The van der Waals surface area contributed by atoms with Crippen LogP contribution in [0.25, 0.3) is 0 Å². The summed E-state index contributed by atoms with van der Waals surface area (Å²) >= 11 is 0. The first kappa shape index (κ1) is 17.9. The largest absolute Gasteiger partial charge is 0.444 e. The number of carbonyl (C=O) groups is 2. The number of benzene rings is 1. The Morgan fingerprint density at radius 2 is 1.80 bits per heavy atom. The number of nitrogens with zero attached hydrogens (tertiary/aromatic N) is 1. The van der Waals surface area contributed by atoms with Crippen molar-refractivity contribution >= 4 is 11.9 Å². The number of amides is 1. The number of piperidine rings is 2. The van der Waals surface area contributed by atoms with Crippen LogP contribution in [-0.2, 0) is 4.74 Å². The summed E-state index contributed by atoms with van der Waals surface area (Å²) in [5, 5.41) is 0. The number of rotatable bonds is 2. The van der Waals surface area contributed by atoms with Crippen molar-refractivity contribution < 1.29 is 18.7 Å². The van der Waals surface area contributed by atoms with E-state index in [1.165, 1.54) is 12.1 Å². The molecule has 136 valence electrons. The molecule has 25 heavy (non-hydrogen) atoms. The molecule has 2 atom stereocenters. The molecule has 2 unspecified atom stereocenters. The lowest BCUT2D eigenvalue weighted by Crippen LogP contribution is -2.56. The summed E-state index contributed by atoms with van der Waals surface area (Å²) < 4.78 is 19.0.